The van der Waals surface area contributed by atoms with Crippen molar-refractivity contribution in [2.75, 3.05) is 6.54 Å². The maximum absolute atomic E-state index is 13.5. The topological polar surface area (TPSA) is 97.8 Å². The van der Waals surface area contributed by atoms with Crippen molar-refractivity contribution >= 4 is 26.0 Å². The molecule has 2 aromatic rings. The monoisotopic (exact) mass is 477 g/mol. The number of aryl methyl sites for hydroxylation is 2. The van der Waals surface area contributed by atoms with E-state index >= 15 is 0 Å². The number of nitrogens with zero attached hydrogens (tertiary/aromatic N) is 1. The molecule has 0 aromatic heterocycles. The van der Waals surface area contributed by atoms with Crippen LogP contribution in [0.5, 0.6) is 0 Å². The van der Waals surface area contributed by atoms with Gasteiger partial charge in [0.25, 0.3) is 20.0 Å². The molecule has 0 amide bonds. The number of cyclic esters (lactones) is 1. The molecule has 1 saturated heterocycles. The highest BCUT2D eigenvalue weighted by Gasteiger charge is 2.52. The van der Waals surface area contributed by atoms with E-state index in [0.717, 1.165) is 24.0 Å². The molecular weight excluding hydrogens is 450 g/mol. The first-order chi connectivity index (χ1) is 15.0. The van der Waals surface area contributed by atoms with Gasteiger partial charge in [-0.1, -0.05) is 51.9 Å². The standard InChI is InChI=1S/C23H27NO6S2/c1-17-5-9-20(10-6-17)31(26,27)24(32(28,29)21-11-7-18(2)8-12-21)16-19-15-23(22(25)30-19)13-3-4-14-23/h5-12,19H,3-4,13-16H2,1-2H3/t19-/m0/s1. The van der Waals surface area contributed by atoms with Crippen molar-refractivity contribution in [3.63, 3.8) is 0 Å². The fourth-order valence-electron chi connectivity index (χ4n) is 4.55. The number of sulfonamides is 2. The first kappa shape index (κ1) is 22.9. The number of benzene rings is 2. The molecular formula is C23H27NO6S2. The zero-order valence-corrected chi connectivity index (χ0v) is 19.8. The van der Waals surface area contributed by atoms with Gasteiger partial charge in [-0.15, -0.1) is 0 Å². The van der Waals surface area contributed by atoms with Gasteiger partial charge in [-0.2, -0.15) is 0 Å². The lowest BCUT2D eigenvalue weighted by molar-refractivity contribution is -0.148. The highest BCUT2D eigenvalue weighted by molar-refractivity contribution is 8.04. The Morgan fingerprint density at radius 1 is 0.844 bits per heavy atom. The molecule has 7 nitrogen and oxygen atoms in total. The summed E-state index contributed by atoms with van der Waals surface area (Å²) in [7, 11) is -8.84. The van der Waals surface area contributed by atoms with Gasteiger partial charge < -0.3 is 4.74 Å². The fourth-order valence-corrected chi connectivity index (χ4v) is 8.25. The second kappa shape index (κ2) is 8.28. The molecule has 1 aliphatic carbocycles. The van der Waals surface area contributed by atoms with Crippen molar-refractivity contribution in [3.8, 4) is 0 Å². The van der Waals surface area contributed by atoms with Crippen LogP contribution in [0.3, 0.4) is 0 Å². The van der Waals surface area contributed by atoms with Crippen LogP contribution in [-0.4, -0.2) is 39.2 Å². The summed E-state index contributed by atoms with van der Waals surface area (Å²) in [5, 5.41) is 0. The van der Waals surface area contributed by atoms with Gasteiger partial charge in [0, 0.05) is 6.42 Å². The summed E-state index contributed by atoms with van der Waals surface area (Å²) in [6, 6.07) is 12.0. The van der Waals surface area contributed by atoms with Crippen LogP contribution in [0.1, 0.15) is 43.2 Å². The van der Waals surface area contributed by atoms with Gasteiger partial charge in [-0.25, -0.2) is 16.8 Å². The number of ether oxygens (including phenoxy) is 1. The third kappa shape index (κ3) is 4.09. The third-order valence-corrected chi connectivity index (χ3v) is 10.7. The predicted molar refractivity (Wildman–Crippen MR) is 119 cm³/mol. The molecule has 1 aliphatic heterocycles. The van der Waals surface area contributed by atoms with Crippen LogP contribution in [0, 0.1) is 19.3 Å². The van der Waals surface area contributed by atoms with Crippen molar-refractivity contribution < 1.29 is 26.4 Å². The number of carbonyl (C=O) groups excluding carboxylic acids is 1. The normalized spacial score (nSPS) is 20.7. The molecule has 2 aliphatic rings. The molecule has 1 atom stereocenters. The van der Waals surface area contributed by atoms with Crippen molar-refractivity contribution in [1.29, 1.82) is 0 Å². The predicted octanol–water partition coefficient (Wildman–Crippen LogP) is 3.56. The number of esters is 1. The number of hydrogen-bond acceptors (Lipinski definition) is 6. The smallest absolute Gasteiger partial charge is 0.312 e. The molecule has 2 fully saturated rings. The van der Waals surface area contributed by atoms with E-state index < -0.39 is 38.1 Å². The Bertz CT molecular complexity index is 1140. The minimum absolute atomic E-state index is 0.126. The van der Waals surface area contributed by atoms with E-state index in [1.54, 1.807) is 24.3 Å². The lowest BCUT2D eigenvalue weighted by Gasteiger charge is -2.24. The third-order valence-electron chi connectivity index (χ3n) is 6.41. The molecule has 0 radical (unpaired) electrons. The Kier molecular flexibility index (Phi) is 5.94. The van der Waals surface area contributed by atoms with Gasteiger partial charge in [-0.3, -0.25) is 4.79 Å². The summed E-state index contributed by atoms with van der Waals surface area (Å²) < 4.78 is 60.1. The van der Waals surface area contributed by atoms with Crippen LogP contribution < -0.4 is 0 Å². The summed E-state index contributed by atoms with van der Waals surface area (Å²) in [5.41, 5.74) is 1.09. The van der Waals surface area contributed by atoms with Crippen LogP contribution >= 0.6 is 0 Å². The highest BCUT2D eigenvalue weighted by atomic mass is 32.3. The largest absolute Gasteiger partial charge is 0.460 e. The Balaban J connectivity index is 1.74. The van der Waals surface area contributed by atoms with Crippen molar-refractivity contribution in [3.05, 3.63) is 59.7 Å². The van der Waals surface area contributed by atoms with Gasteiger partial charge in [0.1, 0.15) is 6.10 Å². The van der Waals surface area contributed by atoms with Crippen LogP contribution in [0.25, 0.3) is 0 Å². The molecule has 9 heteroatoms. The molecule has 4 rings (SSSR count). The summed E-state index contributed by atoms with van der Waals surface area (Å²) in [6.45, 7) is 3.19. The lowest BCUT2D eigenvalue weighted by atomic mass is 9.83. The summed E-state index contributed by atoms with van der Waals surface area (Å²) in [5.74, 6) is -0.347. The van der Waals surface area contributed by atoms with E-state index in [0.29, 0.717) is 23.0 Å². The Morgan fingerprint density at radius 2 is 1.28 bits per heavy atom. The molecule has 1 heterocycles. The molecule has 32 heavy (non-hydrogen) atoms. The number of carbonyl (C=O) groups is 1. The van der Waals surface area contributed by atoms with E-state index in [9.17, 15) is 21.6 Å². The molecule has 172 valence electrons. The van der Waals surface area contributed by atoms with Gasteiger partial charge >= 0.3 is 5.97 Å². The quantitative estimate of drug-likeness (QED) is 0.590. The SMILES string of the molecule is Cc1ccc(S(=O)(=O)N(C[C@@H]2CC3(CCCC3)C(=O)O2)S(=O)(=O)c2ccc(C)cc2)cc1. The van der Waals surface area contributed by atoms with Gasteiger partial charge in [0.2, 0.25) is 0 Å². The molecule has 0 unspecified atom stereocenters. The van der Waals surface area contributed by atoms with E-state index in [2.05, 4.69) is 0 Å². The van der Waals surface area contributed by atoms with Crippen molar-refractivity contribution in [1.82, 2.24) is 3.71 Å². The van der Waals surface area contributed by atoms with E-state index in [-0.39, 0.29) is 15.8 Å². The average Bonchev–Trinajstić information content (AvgIpc) is 3.34. The average molecular weight is 478 g/mol. The Morgan fingerprint density at radius 3 is 1.72 bits per heavy atom. The first-order valence-corrected chi connectivity index (χ1v) is 13.6. The Labute approximate surface area is 189 Å². The lowest BCUT2D eigenvalue weighted by Crippen LogP contribution is -2.42. The molecule has 0 N–H and O–H groups in total. The zero-order chi connectivity index (χ0) is 23.1. The minimum atomic E-state index is -4.42. The van der Waals surface area contributed by atoms with E-state index in [4.69, 9.17) is 4.74 Å². The first-order valence-electron chi connectivity index (χ1n) is 10.7. The summed E-state index contributed by atoms with van der Waals surface area (Å²) in [4.78, 5) is 12.3. The van der Waals surface area contributed by atoms with Crippen LogP contribution in [0.2, 0.25) is 0 Å². The zero-order valence-electron chi connectivity index (χ0n) is 18.2. The van der Waals surface area contributed by atoms with Gasteiger partial charge in [0.15, 0.2) is 0 Å². The van der Waals surface area contributed by atoms with Crippen molar-refractivity contribution in [2.24, 2.45) is 5.41 Å². The van der Waals surface area contributed by atoms with Gasteiger partial charge in [-0.05, 0) is 51.0 Å². The maximum atomic E-state index is 13.5. The fraction of sp³-hybridized carbons (Fsp3) is 0.435. The second-order valence-electron chi connectivity index (χ2n) is 8.81. The van der Waals surface area contributed by atoms with Crippen LogP contribution in [0.4, 0.5) is 0 Å². The second-order valence-corrected chi connectivity index (χ2v) is 12.8. The highest BCUT2D eigenvalue weighted by Crippen LogP contribution is 2.48. The van der Waals surface area contributed by atoms with Crippen LogP contribution in [0.15, 0.2) is 58.3 Å². The summed E-state index contributed by atoms with van der Waals surface area (Å²) in [6.07, 6.45) is 2.72. The maximum Gasteiger partial charge on any atom is 0.312 e. The number of rotatable bonds is 6. The molecule has 2 aromatic carbocycles. The number of hydrogen-bond donors (Lipinski definition) is 0. The minimum Gasteiger partial charge on any atom is -0.460 e. The van der Waals surface area contributed by atoms with E-state index in [1.165, 1.54) is 24.3 Å². The van der Waals surface area contributed by atoms with Crippen LogP contribution in [-0.2, 0) is 29.6 Å². The molecule has 1 spiro atoms. The Hall–Kier alpha value is -2.23. The molecule has 0 bridgehead atoms. The van der Waals surface area contributed by atoms with Crippen molar-refractivity contribution in [2.45, 2.75) is 61.8 Å². The molecule has 1 saturated carbocycles. The van der Waals surface area contributed by atoms with E-state index in [1.807, 2.05) is 13.8 Å². The summed E-state index contributed by atoms with van der Waals surface area (Å²) >= 11 is 0. The van der Waals surface area contributed by atoms with Gasteiger partial charge in [0.05, 0.1) is 21.8 Å².